The minimum Gasteiger partial charge on any atom is -0.391 e. The summed E-state index contributed by atoms with van der Waals surface area (Å²) < 4.78 is 0. The topological polar surface area (TPSA) is 92.5 Å². The Hall–Kier alpha value is -1.66. The quantitative estimate of drug-likeness (QED) is 0.623. The van der Waals surface area contributed by atoms with Gasteiger partial charge in [0.1, 0.15) is 10.6 Å². The number of aliphatic hydroxyl groups is 1. The van der Waals surface area contributed by atoms with Crippen LogP contribution in [0.5, 0.6) is 0 Å². The van der Waals surface area contributed by atoms with Gasteiger partial charge in [0.05, 0.1) is 11.0 Å². The number of carbonyl (C=O) groups excluding carboxylic acids is 1. The first-order valence-electron chi connectivity index (χ1n) is 6.22. The van der Waals surface area contributed by atoms with Crippen LogP contribution in [0.3, 0.4) is 0 Å². The van der Waals surface area contributed by atoms with Crippen molar-refractivity contribution < 1.29 is 14.8 Å². The Morgan fingerprint density at radius 1 is 1.50 bits per heavy atom. The van der Waals surface area contributed by atoms with E-state index in [9.17, 15) is 20.0 Å². The van der Waals surface area contributed by atoms with Crippen molar-refractivity contribution in [3.05, 3.63) is 38.9 Å². The van der Waals surface area contributed by atoms with Crippen molar-refractivity contribution in [3.8, 4) is 0 Å². The lowest BCUT2D eigenvalue weighted by molar-refractivity contribution is -0.385. The summed E-state index contributed by atoms with van der Waals surface area (Å²) >= 11 is 5.73. The van der Waals surface area contributed by atoms with E-state index in [0.717, 1.165) is 0 Å². The van der Waals surface area contributed by atoms with E-state index in [1.54, 1.807) is 0 Å². The zero-order chi connectivity index (χ0) is 15.3. The van der Waals surface area contributed by atoms with Gasteiger partial charge in [0.25, 0.3) is 5.91 Å². The van der Waals surface area contributed by atoms with Crippen molar-refractivity contribution in [1.29, 1.82) is 0 Å². The Morgan fingerprint density at radius 3 is 2.70 bits per heavy atom. The van der Waals surface area contributed by atoms with Crippen LogP contribution in [0.1, 0.15) is 30.6 Å². The van der Waals surface area contributed by atoms with Crippen molar-refractivity contribution in [2.75, 3.05) is 6.54 Å². The fourth-order valence-electron chi connectivity index (χ4n) is 1.82. The number of aliphatic hydroxyl groups excluding tert-OH is 1. The minimum atomic E-state index is -0.693. The second-order valence-corrected chi connectivity index (χ2v) is 5.29. The first kappa shape index (κ1) is 16.4. The number of nitrogens with one attached hydrogen (secondary N) is 1. The number of benzene rings is 1. The summed E-state index contributed by atoms with van der Waals surface area (Å²) in [6, 6.07) is 4.15. The molecule has 0 bridgehead atoms. The van der Waals surface area contributed by atoms with Crippen LogP contribution in [-0.2, 0) is 0 Å². The van der Waals surface area contributed by atoms with E-state index >= 15 is 0 Å². The molecule has 0 fully saturated rings. The molecule has 0 saturated heterocycles. The van der Waals surface area contributed by atoms with Gasteiger partial charge in [-0.05, 0) is 24.5 Å². The maximum absolute atomic E-state index is 11.9. The largest absolute Gasteiger partial charge is 0.391 e. The average molecular weight is 301 g/mol. The molecule has 1 rings (SSSR count). The van der Waals surface area contributed by atoms with Gasteiger partial charge in [-0.2, -0.15) is 0 Å². The highest BCUT2D eigenvalue weighted by atomic mass is 35.5. The first-order chi connectivity index (χ1) is 9.32. The molecule has 0 heterocycles. The molecule has 110 valence electrons. The summed E-state index contributed by atoms with van der Waals surface area (Å²) in [5.74, 6) is -0.329. The molecule has 0 aliphatic rings. The number of hydrogen-bond donors (Lipinski definition) is 2. The van der Waals surface area contributed by atoms with Gasteiger partial charge in [-0.1, -0.05) is 31.5 Å². The van der Waals surface area contributed by atoms with Crippen LogP contribution in [0.25, 0.3) is 0 Å². The number of halogens is 1. The van der Waals surface area contributed by atoms with Gasteiger partial charge in [0.2, 0.25) is 0 Å². The summed E-state index contributed by atoms with van der Waals surface area (Å²) in [7, 11) is 0. The molecule has 1 aromatic rings. The van der Waals surface area contributed by atoms with Crippen molar-refractivity contribution in [2.45, 2.75) is 26.4 Å². The number of amides is 1. The molecular weight excluding hydrogens is 284 g/mol. The van der Waals surface area contributed by atoms with Crippen LogP contribution in [0, 0.1) is 16.0 Å². The smallest absolute Gasteiger partial charge is 0.300 e. The van der Waals surface area contributed by atoms with Gasteiger partial charge in [-0.25, -0.2) is 0 Å². The second kappa shape index (κ2) is 7.21. The van der Waals surface area contributed by atoms with Crippen molar-refractivity contribution >= 4 is 23.2 Å². The van der Waals surface area contributed by atoms with Crippen molar-refractivity contribution in [3.63, 3.8) is 0 Å². The zero-order valence-electron chi connectivity index (χ0n) is 11.3. The second-order valence-electron chi connectivity index (χ2n) is 4.89. The monoisotopic (exact) mass is 300 g/mol. The molecule has 0 radical (unpaired) electrons. The number of rotatable bonds is 6. The predicted molar refractivity (Wildman–Crippen MR) is 75.9 cm³/mol. The van der Waals surface area contributed by atoms with Gasteiger partial charge in [-0.3, -0.25) is 14.9 Å². The van der Waals surface area contributed by atoms with E-state index in [2.05, 4.69) is 5.32 Å². The Bertz CT molecular complexity index is 505. The van der Waals surface area contributed by atoms with Gasteiger partial charge in [-0.15, -0.1) is 0 Å². The third-order valence-electron chi connectivity index (χ3n) is 2.66. The number of hydrogen-bond acceptors (Lipinski definition) is 4. The third kappa shape index (κ3) is 4.47. The fraction of sp³-hybridized carbons (Fsp3) is 0.462. The minimum absolute atomic E-state index is 0.0423. The average Bonchev–Trinajstić information content (AvgIpc) is 2.34. The maximum Gasteiger partial charge on any atom is 0.300 e. The van der Waals surface area contributed by atoms with E-state index in [1.165, 1.54) is 18.2 Å². The van der Waals surface area contributed by atoms with Gasteiger partial charge >= 0.3 is 5.69 Å². The van der Waals surface area contributed by atoms with E-state index < -0.39 is 22.6 Å². The van der Waals surface area contributed by atoms with Gasteiger partial charge < -0.3 is 10.4 Å². The Balaban J connectivity index is 2.78. The summed E-state index contributed by atoms with van der Waals surface area (Å²) in [5.41, 5.74) is -0.538. The molecule has 7 heteroatoms. The van der Waals surface area contributed by atoms with Crippen LogP contribution in [-0.4, -0.2) is 28.6 Å². The first-order valence-corrected chi connectivity index (χ1v) is 6.60. The highest BCUT2D eigenvalue weighted by Gasteiger charge is 2.23. The highest BCUT2D eigenvalue weighted by molar-refractivity contribution is 6.33. The molecule has 0 aliphatic heterocycles. The molecule has 1 atom stereocenters. The molecule has 0 saturated carbocycles. The normalized spacial score (nSPS) is 12.2. The van der Waals surface area contributed by atoms with Crippen molar-refractivity contribution in [1.82, 2.24) is 5.32 Å². The standard InChI is InChI=1S/C13H17ClN2O4/c1-8(2)6-9(17)7-15-13(18)10-4-3-5-11(14)12(10)16(19)20/h3-5,8-9,17H,6-7H2,1-2H3,(H,15,18). The molecule has 2 N–H and O–H groups in total. The number of carbonyl (C=O) groups is 1. The zero-order valence-corrected chi connectivity index (χ0v) is 12.1. The van der Waals surface area contributed by atoms with Gasteiger partial charge in [0.15, 0.2) is 0 Å². The van der Waals surface area contributed by atoms with Crippen LogP contribution in [0.2, 0.25) is 5.02 Å². The van der Waals surface area contributed by atoms with E-state index in [1.807, 2.05) is 13.8 Å². The summed E-state index contributed by atoms with van der Waals surface area (Å²) in [6.45, 7) is 3.94. The molecule has 1 aromatic carbocycles. The van der Waals surface area contributed by atoms with Crippen molar-refractivity contribution in [2.24, 2.45) is 5.92 Å². The lowest BCUT2D eigenvalue weighted by Gasteiger charge is -2.14. The van der Waals surface area contributed by atoms with E-state index in [4.69, 9.17) is 11.6 Å². The van der Waals surface area contributed by atoms with Crippen LogP contribution in [0.4, 0.5) is 5.69 Å². The Morgan fingerprint density at radius 2 is 2.15 bits per heavy atom. The molecule has 20 heavy (non-hydrogen) atoms. The fourth-order valence-corrected chi connectivity index (χ4v) is 2.06. The molecule has 1 amide bonds. The maximum atomic E-state index is 11.9. The number of nitrogens with zero attached hydrogens (tertiary/aromatic N) is 1. The molecule has 0 spiro atoms. The molecule has 0 aliphatic carbocycles. The van der Waals surface area contributed by atoms with Crippen LogP contribution < -0.4 is 5.32 Å². The Labute approximate surface area is 121 Å². The number of nitro groups is 1. The van der Waals surface area contributed by atoms with E-state index in [-0.39, 0.29) is 17.1 Å². The van der Waals surface area contributed by atoms with E-state index in [0.29, 0.717) is 12.3 Å². The summed E-state index contributed by atoms with van der Waals surface area (Å²) in [6.07, 6.45) is -0.144. The number of nitro benzene ring substituents is 1. The molecule has 0 aromatic heterocycles. The predicted octanol–water partition coefficient (Wildman–Crippen LogP) is 2.39. The number of para-hydroxylation sites is 1. The lowest BCUT2D eigenvalue weighted by Crippen LogP contribution is -2.33. The molecule has 6 nitrogen and oxygen atoms in total. The third-order valence-corrected chi connectivity index (χ3v) is 2.96. The highest BCUT2D eigenvalue weighted by Crippen LogP contribution is 2.27. The SMILES string of the molecule is CC(C)CC(O)CNC(=O)c1cccc(Cl)c1[N+](=O)[O-]. The molecular formula is C13H17ClN2O4. The van der Waals surface area contributed by atoms with Crippen LogP contribution >= 0.6 is 11.6 Å². The molecule has 1 unspecified atom stereocenters. The summed E-state index contributed by atoms with van der Waals surface area (Å²) in [5, 5.41) is 23.0. The van der Waals surface area contributed by atoms with Gasteiger partial charge in [0, 0.05) is 6.54 Å². The Kier molecular flexibility index (Phi) is 5.91. The summed E-state index contributed by atoms with van der Waals surface area (Å²) in [4.78, 5) is 22.2. The lowest BCUT2D eigenvalue weighted by atomic mass is 10.1. The van der Waals surface area contributed by atoms with Crippen LogP contribution in [0.15, 0.2) is 18.2 Å².